The number of benzene rings is 1. The molecule has 0 aliphatic heterocycles. The number of hydrogen-bond donors (Lipinski definition) is 1. The van der Waals surface area contributed by atoms with E-state index in [4.69, 9.17) is 0 Å². The molecule has 0 spiro atoms. The van der Waals surface area contributed by atoms with Crippen LogP contribution in [-0.4, -0.2) is 21.6 Å². The Morgan fingerprint density at radius 1 is 1.32 bits per heavy atom. The number of rotatable bonds is 4. The lowest BCUT2D eigenvalue weighted by atomic mass is 10.2. The number of amides is 1. The van der Waals surface area contributed by atoms with Gasteiger partial charge in [0.25, 0.3) is 0 Å². The van der Waals surface area contributed by atoms with Crippen LogP contribution in [0.1, 0.15) is 10.4 Å². The summed E-state index contributed by atoms with van der Waals surface area (Å²) in [5.41, 5.74) is 1.01. The first-order chi connectivity index (χ1) is 11.9. The van der Waals surface area contributed by atoms with E-state index < -0.39 is 17.5 Å². The van der Waals surface area contributed by atoms with Crippen molar-refractivity contribution in [3.8, 4) is 0 Å². The van der Waals surface area contributed by atoms with Crippen molar-refractivity contribution in [3.05, 3.63) is 45.0 Å². The minimum atomic E-state index is -0.834. The molecule has 0 atom stereocenters. The number of carbonyl (C=O) groups excluding carboxylic acids is 1. The number of aryl methyl sites for hydroxylation is 2. The molecule has 2 aromatic heterocycles. The lowest BCUT2D eigenvalue weighted by molar-refractivity contribution is -0.113. The van der Waals surface area contributed by atoms with E-state index in [2.05, 4.69) is 31.2 Å². The number of aromatic nitrogens is 2. The van der Waals surface area contributed by atoms with Gasteiger partial charge in [-0.25, -0.2) is 18.7 Å². The van der Waals surface area contributed by atoms with Gasteiger partial charge in [0.15, 0.2) is 5.82 Å². The van der Waals surface area contributed by atoms with Crippen LogP contribution in [0.4, 0.5) is 14.5 Å². The average Bonchev–Trinajstić information content (AvgIpc) is 2.84. The maximum atomic E-state index is 13.8. The van der Waals surface area contributed by atoms with Crippen molar-refractivity contribution < 1.29 is 13.6 Å². The molecule has 0 saturated carbocycles. The van der Waals surface area contributed by atoms with Crippen LogP contribution in [0, 0.1) is 25.5 Å². The van der Waals surface area contributed by atoms with E-state index in [1.54, 1.807) is 11.3 Å². The smallest absolute Gasteiger partial charge is 0.234 e. The lowest BCUT2D eigenvalue weighted by Gasteiger charge is -2.09. The summed E-state index contributed by atoms with van der Waals surface area (Å²) in [6.07, 6.45) is 1.47. The maximum Gasteiger partial charge on any atom is 0.234 e. The van der Waals surface area contributed by atoms with Gasteiger partial charge >= 0.3 is 0 Å². The summed E-state index contributed by atoms with van der Waals surface area (Å²) < 4.78 is 27.0. The highest BCUT2D eigenvalue weighted by Gasteiger charge is 2.16. The molecule has 0 unspecified atom stereocenters. The number of thioether (sulfide) groups is 1. The van der Waals surface area contributed by atoms with Crippen molar-refractivity contribution in [1.82, 2.24) is 9.97 Å². The molecule has 3 aromatic rings. The molecule has 1 amide bonds. The Morgan fingerprint density at radius 3 is 2.80 bits per heavy atom. The van der Waals surface area contributed by atoms with Gasteiger partial charge in [-0.2, -0.15) is 0 Å². The van der Waals surface area contributed by atoms with E-state index in [-0.39, 0.29) is 15.9 Å². The molecular weight excluding hydrogens is 432 g/mol. The third-order valence-corrected chi connectivity index (χ3v) is 6.27. The highest BCUT2D eigenvalue weighted by atomic mass is 79.9. The standard InChI is InChI=1S/C16H12BrF2N3OS2/c1-7-8(2)25-16-13(7)15(20-6-21-16)24-5-12(23)22-14-10(17)3-9(18)4-11(14)19/h3-4,6H,5H2,1-2H3,(H,22,23). The first kappa shape index (κ1) is 18.2. The molecule has 0 radical (unpaired) electrons. The van der Waals surface area contributed by atoms with Gasteiger partial charge in [0.1, 0.15) is 22.0 Å². The predicted molar refractivity (Wildman–Crippen MR) is 100 cm³/mol. The normalized spacial score (nSPS) is 11.1. The van der Waals surface area contributed by atoms with Gasteiger partial charge in [0, 0.05) is 20.8 Å². The van der Waals surface area contributed by atoms with Crippen LogP contribution >= 0.6 is 39.0 Å². The quantitative estimate of drug-likeness (QED) is 0.451. The zero-order valence-electron chi connectivity index (χ0n) is 13.2. The van der Waals surface area contributed by atoms with Gasteiger partial charge in [-0.1, -0.05) is 11.8 Å². The molecular formula is C16H12BrF2N3OS2. The molecule has 1 aromatic carbocycles. The Morgan fingerprint density at radius 2 is 2.08 bits per heavy atom. The van der Waals surface area contributed by atoms with Crippen molar-refractivity contribution in [1.29, 1.82) is 0 Å². The van der Waals surface area contributed by atoms with Crippen molar-refractivity contribution in [2.45, 2.75) is 18.9 Å². The fraction of sp³-hybridized carbons (Fsp3) is 0.188. The molecule has 1 N–H and O–H groups in total. The Balaban J connectivity index is 1.76. The first-order valence-electron chi connectivity index (χ1n) is 7.14. The summed E-state index contributed by atoms with van der Waals surface area (Å²) >= 11 is 5.88. The molecule has 0 fully saturated rings. The van der Waals surface area contributed by atoms with Crippen LogP contribution in [0.15, 0.2) is 28.0 Å². The zero-order valence-corrected chi connectivity index (χ0v) is 16.4. The molecule has 130 valence electrons. The molecule has 0 aliphatic rings. The van der Waals surface area contributed by atoms with Gasteiger partial charge in [-0.15, -0.1) is 11.3 Å². The minimum absolute atomic E-state index is 0.0453. The Labute approximate surface area is 159 Å². The van der Waals surface area contributed by atoms with Crippen LogP contribution < -0.4 is 5.32 Å². The number of halogens is 3. The average molecular weight is 444 g/mol. The Hall–Kier alpha value is -1.58. The second kappa shape index (κ2) is 7.35. The number of hydrogen-bond acceptors (Lipinski definition) is 5. The van der Waals surface area contributed by atoms with Crippen LogP contribution in [0.2, 0.25) is 0 Å². The number of fused-ring (bicyclic) bond motifs is 1. The van der Waals surface area contributed by atoms with Crippen molar-refractivity contribution >= 4 is 60.8 Å². The highest BCUT2D eigenvalue weighted by molar-refractivity contribution is 9.10. The van der Waals surface area contributed by atoms with Crippen LogP contribution in [0.25, 0.3) is 10.2 Å². The molecule has 0 aliphatic carbocycles. The monoisotopic (exact) mass is 443 g/mol. The van der Waals surface area contributed by atoms with Crippen LogP contribution in [0.5, 0.6) is 0 Å². The lowest BCUT2D eigenvalue weighted by Crippen LogP contribution is -2.15. The molecule has 0 saturated heterocycles. The first-order valence-corrected chi connectivity index (χ1v) is 9.74. The molecule has 9 heteroatoms. The molecule has 25 heavy (non-hydrogen) atoms. The van der Waals surface area contributed by atoms with E-state index in [0.29, 0.717) is 5.03 Å². The number of nitrogens with one attached hydrogen (secondary N) is 1. The SMILES string of the molecule is Cc1sc2ncnc(SCC(=O)Nc3c(F)cc(F)cc3Br)c2c1C. The van der Waals surface area contributed by atoms with Gasteiger partial charge in [0.05, 0.1) is 11.4 Å². The number of anilines is 1. The van der Waals surface area contributed by atoms with E-state index in [1.807, 2.05) is 13.8 Å². The summed E-state index contributed by atoms with van der Waals surface area (Å²) in [6, 6.07) is 1.82. The number of carbonyl (C=O) groups is 1. The molecule has 4 nitrogen and oxygen atoms in total. The zero-order chi connectivity index (χ0) is 18.1. The van der Waals surface area contributed by atoms with E-state index in [9.17, 15) is 13.6 Å². The van der Waals surface area contributed by atoms with Gasteiger partial charge in [0.2, 0.25) is 5.91 Å². The third kappa shape index (κ3) is 3.83. The summed E-state index contributed by atoms with van der Waals surface area (Å²) in [4.78, 5) is 22.7. The van der Waals surface area contributed by atoms with Crippen molar-refractivity contribution in [2.75, 3.05) is 11.1 Å². The van der Waals surface area contributed by atoms with E-state index >= 15 is 0 Å². The van der Waals surface area contributed by atoms with E-state index in [0.717, 1.165) is 32.8 Å². The van der Waals surface area contributed by atoms with Crippen LogP contribution in [0.3, 0.4) is 0 Å². The molecule has 2 heterocycles. The topological polar surface area (TPSA) is 54.9 Å². The second-order valence-electron chi connectivity index (χ2n) is 5.22. The largest absolute Gasteiger partial charge is 0.322 e. The predicted octanol–water partition coefficient (Wildman–Crippen LogP) is 5.08. The Bertz CT molecular complexity index is 954. The Kier molecular flexibility index (Phi) is 5.35. The van der Waals surface area contributed by atoms with Gasteiger partial charge in [-0.3, -0.25) is 4.79 Å². The third-order valence-electron chi connectivity index (χ3n) is 3.54. The number of thiophene rings is 1. The van der Waals surface area contributed by atoms with Crippen molar-refractivity contribution in [2.24, 2.45) is 0 Å². The van der Waals surface area contributed by atoms with Gasteiger partial charge < -0.3 is 5.32 Å². The summed E-state index contributed by atoms with van der Waals surface area (Å²) in [5, 5.41) is 4.11. The highest BCUT2D eigenvalue weighted by Crippen LogP contribution is 2.34. The fourth-order valence-electron chi connectivity index (χ4n) is 2.23. The fourth-order valence-corrected chi connectivity index (χ4v) is 4.65. The molecule has 0 bridgehead atoms. The summed E-state index contributed by atoms with van der Waals surface area (Å²) in [5.74, 6) is -1.92. The second-order valence-corrected chi connectivity index (χ2v) is 8.25. The maximum absolute atomic E-state index is 13.8. The van der Waals surface area contributed by atoms with Crippen molar-refractivity contribution in [3.63, 3.8) is 0 Å². The minimum Gasteiger partial charge on any atom is -0.322 e. The summed E-state index contributed by atoms with van der Waals surface area (Å²) in [7, 11) is 0. The van der Waals surface area contributed by atoms with E-state index in [1.165, 1.54) is 18.1 Å². The van der Waals surface area contributed by atoms with Crippen LogP contribution in [-0.2, 0) is 4.79 Å². The number of nitrogens with zero attached hydrogens (tertiary/aromatic N) is 2. The molecule has 3 rings (SSSR count). The summed E-state index contributed by atoms with van der Waals surface area (Å²) in [6.45, 7) is 4.00. The van der Waals surface area contributed by atoms with Gasteiger partial charge in [-0.05, 0) is 41.4 Å².